The Hall–Kier alpha value is -4.31. The van der Waals surface area contributed by atoms with Crippen LogP contribution < -0.4 is 15.0 Å². The highest BCUT2D eigenvalue weighted by molar-refractivity contribution is 7.80. The molecular weight excluding hydrogens is 504 g/mol. The molecule has 10 heteroatoms. The van der Waals surface area contributed by atoms with E-state index < -0.39 is 12.0 Å². The summed E-state index contributed by atoms with van der Waals surface area (Å²) >= 11 is 5.71. The number of nitrogens with one attached hydrogen (secondary N) is 1. The third-order valence-corrected chi connectivity index (χ3v) is 6.26. The number of nitrogens with zero attached hydrogens (tertiary/aromatic N) is 3. The third-order valence-electron chi connectivity index (χ3n) is 5.84. The second-order valence-electron chi connectivity index (χ2n) is 8.40. The largest absolute Gasteiger partial charge is 0.494 e. The minimum absolute atomic E-state index is 0.115. The topological polar surface area (TPSA) is 101 Å². The van der Waals surface area contributed by atoms with Crippen LogP contribution in [0.3, 0.4) is 0 Å². The number of hydrogen-bond donors (Lipinski definition) is 1. The van der Waals surface area contributed by atoms with Crippen LogP contribution in [0.15, 0.2) is 72.9 Å². The van der Waals surface area contributed by atoms with Crippen LogP contribution in [0.4, 0.5) is 11.4 Å². The standard InChI is InChI=1S/C28H28N4O5S/c1-3-36-23-14-10-20(11-15-23)30-25(33)17-24-26(34)32(22-12-8-19(9-13-22)27(35)37-4-2)28(38)31(24)18-21-7-5-6-16-29-21/h5-16,24H,3-4,17-18H2,1-2H3,(H,30,33). The Morgan fingerprint density at radius 3 is 2.37 bits per heavy atom. The van der Waals surface area contributed by atoms with Crippen LogP contribution in [-0.2, 0) is 20.9 Å². The number of pyridine rings is 1. The van der Waals surface area contributed by atoms with E-state index in [4.69, 9.17) is 21.7 Å². The SMILES string of the molecule is CCOC(=O)c1ccc(N2C(=O)C(CC(=O)Nc3ccc(OCC)cc3)N(Cc3ccccn3)C2=S)cc1. The molecule has 1 aliphatic heterocycles. The van der Waals surface area contributed by atoms with Crippen LogP contribution >= 0.6 is 12.2 Å². The van der Waals surface area contributed by atoms with Gasteiger partial charge in [-0.2, -0.15) is 0 Å². The van der Waals surface area contributed by atoms with Crippen molar-refractivity contribution in [2.24, 2.45) is 0 Å². The van der Waals surface area contributed by atoms with Crippen LogP contribution in [0.25, 0.3) is 0 Å². The van der Waals surface area contributed by atoms with Crippen molar-refractivity contribution >= 4 is 46.5 Å². The van der Waals surface area contributed by atoms with Crippen LogP contribution in [0.5, 0.6) is 5.75 Å². The molecule has 1 saturated heterocycles. The molecule has 0 radical (unpaired) electrons. The molecule has 38 heavy (non-hydrogen) atoms. The zero-order chi connectivity index (χ0) is 27.1. The van der Waals surface area contributed by atoms with Crippen molar-refractivity contribution in [2.75, 3.05) is 23.4 Å². The van der Waals surface area contributed by atoms with Gasteiger partial charge in [-0.05, 0) is 86.7 Å². The highest BCUT2D eigenvalue weighted by Crippen LogP contribution is 2.29. The first-order chi connectivity index (χ1) is 18.4. The van der Waals surface area contributed by atoms with E-state index in [9.17, 15) is 14.4 Å². The molecule has 0 spiro atoms. The Morgan fingerprint density at radius 1 is 1.00 bits per heavy atom. The van der Waals surface area contributed by atoms with Crippen molar-refractivity contribution in [2.45, 2.75) is 32.9 Å². The first kappa shape index (κ1) is 26.7. The number of benzene rings is 2. The minimum Gasteiger partial charge on any atom is -0.494 e. The molecule has 3 aromatic rings. The lowest BCUT2D eigenvalue weighted by Crippen LogP contribution is -2.37. The summed E-state index contributed by atoms with van der Waals surface area (Å²) in [4.78, 5) is 46.1. The second kappa shape index (κ2) is 12.3. The van der Waals surface area contributed by atoms with Crippen molar-refractivity contribution in [3.63, 3.8) is 0 Å². The van der Waals surface area contributed by atoms with Crippen LogP contribution in [0.1, 0.15) is 36.3 Å². The molecule has 1 aliphatic rings. The normalized spacial score (nSPS) is 14.9. The van der Waals surface area contributed by atoms with Gasteiger partial charge in [-0.25, -0.2) is 4.79 Å². The van der Waals surface area contributed by atoms with Crippen molar-refractivity contribution in [3.8, 4) is 5.75 Å². The molecule has 196 valence electrons. The summed E-state index contributed by atoms with van der Waals surface area (Å²) in [5.41, 5.74) is 2.16. The molecule has 1 N–H and O–H groups in total. The van der Waals surface area contributed by atoms with E-state index in [0.29, 0.717) is 35.0 Å². The van der Waals surface area contributed by atoms with Crippen molar-refractivity contribution in [1.82, 2.24) is 9.88 Å². The summed E-state index contributed by atoms with van der Waals surface area (Å²) in [6, 6.07) is 18.1. The molecule has 1 unspecified atom stereocenters. The maximum atomic E-state index is 13.6. The Balaban J connectivity index is 1.55. The first-order valence-electron chi connectivity index (χ1n) is 12.3. The lowest BCUT2D eigenvalue weighted by Gasteiger charge is -2.23. The molecule has 1 atom stereocenters. The number of esters is 1. The van der Waals surface area contributed by atoms with Crippen LogP contribution in [0.2, 0.25) is 0 Å². The van der Waals surface area contributed by atoms with Crippen molar-refractivity contribution < 1.29 is 23.9 Å². The monoisotopic (exact) mass is 532 g/mol. The summed E-state index contributed by atoms with van der Waals surface area (Å²) in [6.07, 6.45) is 1.55. The lowest BCUT2D eigenvalue weighted by atomic mass is 10.1. The number of aromatic nitrogens is 1. The van der Waals surface area contributed by atoms with Gasteiger partial charge in [-0.3, -0.25) is 19.5 Å². The molecule has 0 saturated carbocycles. The summed E-state index contributed by atoms with van der Waals surface area (Å²) < 4.78 is 10.5. The summed E-state index contributed by atoms with van der Waals surface area (Å²) in [5.74, 6) is -0.416. The molecule has 4 rings (SSSR count). The predicted octanol–water partition coefficient (Wildman–Crippen LogP) is 4.19. The summed E-state index contributed by atoms with van der Waals surface area (Å²) in [7, 11) is 0. The van der Waals surface area contributed by atoms with E-state index >= 15 is 0 Å². The smallest absolute Gasteiger partial charge is 0.338 e. The van der Waals surface area contributed by atoms with Crippen molar-refractivity contribution in [3.05, 3.63) is 84.2 Å². The summed E-state index contributed by atoms with van der Waals surface area (Å²) in [5, 5.41) is 3.10. The highest BCUT2D eigenvalue weighted by atomic mass is 32.1. The van der Waals surface area contributed by atoms with Gasteiger partial charge >= 0.3 is 5.97 Å². The van der Waals surface area contributed by atoms with E-state index in [2.05, 4.69) is 10.3 Å². The quantitative estimate of drug-likeness (QED) is 0.307. The number of thiocarbonyl (C=S) groups is 1. The van der Waals surface area contributed by atoms with Crippen LogP contribution in [0, 0.1) is 0 Å². The Labute approximate surface area is 226 Å². The molecule has 1 aromatic heterocycles. The zero-order valence-corrected chi connectivity index (χ0v) is 21.9. The molecule has 0 bridgehead atoms. The number of anilines is 2. The number of amides is 2. The maximum Gasteiger partial charge on any atom is 0.338 e. The minimum atomic E-state index is -0.836. The van der Waals surface area contributed by atoms with Gasteiger partial charge < -0.3 is 19.7 Å². The zero-order valence-electron chi connectivity index (χ0n) is 21.1. The van der Waals surface area contributed by atoms with Gasteiger partial charge in [0.15, 0.2) is 5.11 Å². The van der Waals surface area contributed by atoms with E-state index in [-0.39, 0.29) is 36.5 Å². The molecular formula is C28H28N4O5S. The molecule has 1 fully saturated rings. The van der Waals surface area contributed by atoms with E-state index in [0.717, 1.165) is 0 Å². The van der Waals surface area contributed by atoms with Gasteiger partial charge in [0.05, 0.1) is 43.1 Å². The molecule has 2 aromatic carbocycles. The number of hydrogen-bond acceptors (Lipinski definition) is 7. The third kappa shape index (κ3) is 6.15. The van der Waals surface area contributed by atoms with E-state index in [1.807, 2.05) is 19.1 Å². The fourth-order valence-electron chi connectivity index (χ4n) is 4.07. The van der Waals surface area contributed by atoms with Crippen LogP contribution in [-0.4, -0.2) is 52.0 Å². The van der Waals surface area contributed by atoms with Gasteiger partial charge in [0.2, 0.25) is 5.91 Å². The summed E-state index contributed by atoms with van der Waals surface area (Å²) in [6.45, 7) is 4.69. The van der Waals surface area contributed by atoms with Gasteiger partial charge in [0.1, 0.15) is 11.8 Å². The van der Waals surface area contributed by atoms with Gasteiger partial charge in [-0.1, -0.05) is 6.07 Å². The molecule has 2 heterocycles. The van der Waals surface area contributed by atoms with Gasteiger partial charge in [0.25, 0.3) is 5.91 Å². The van der Waals surface area contributed by atoms with Gasteiger partial charge in [-0.15, -0.1) is 0 Å². The van der Waals surface area contributed by atoms with Gasteiger partial charge in [0, 0.05) is 11.9 Å². The van der Waals surface area contributed by atoms with E-state index in [1.54, 1.807) is 72.6 Å². The maximum absolute atomic E-state index is 13.6. The Morgan fingerprint density at radius 2 is 1.74 bits per heavy atom. The number of carbonyl (C=O) groups excluding carboxylic acids is 3. The average Bonchev–Trinajstić information content (AvgIpc) is 3.14. The fraction of sp³-hybridized carbons (Fsp3) is 0.250. The fourth-order valence-corrected chi connectivity index (χ4v) is 4.45. The number of rotatable bonds is 10. The second-order valence-corrected chi connectivity index (χ2v) is 8.76. The van der Waals surface area contributed by atoms with E-state index in [1.165, 1.54) is 4.90 Å². The number of carbonyl (C=O) groups is 3. The first-order valence-corrected chi connectivity index (χ1v) is 12.7. The molecule has 9 nitrogen and oxygen atoms in total. The highest BCUT2D eigenvalue weighted by Gasteiger charge is 2.44. The Kier molecular flexibility index (Phi) is 8.65. The lowest BCUT2D eigenvalue weighted by molar-refractivity contribution is -0.124. The Bertz CT molecular complexity index is 1300. The predicted molar refractivity (Wildman–Crippen MR) is 147 cm³/mol. The average molecular weight is 533 g/mol. The molecule has 0 aliphatic carbocycles. The molecule has 2 amide bonds. The van der Waals surface area contributed by atoms with Crippen molar-refractivity contribution in [1.29, 1.82) is 0 Å². The number of ether oxygens (including phenoxy) is 2.